The van der Waals surface area contributed by atoms with Gasteiger partial charge in [0.1, 0.15) is 5.75 Å². The molecular formula is C11H15ClOS. The molecule has 14 heavy (non-hydrogen) atoms. The molecule has 1 unspecified atom stereocenters. The Bertz CT molecular complexity index is 301. The van der Waals surface area contributed by atoms with Gasteiger partial charge in [0.2, 0.25) is 0 Å². The van der Waals surface area contributed by atoms with Gasteiger partial charge < -0.3 is 4.74 Å². The highest BCUT2D eigenvalue weighted by atomic mass is 35.5. The lowest BCUT2D eigenvalue weighted by Gasteiger charge is -2.09. The Morgan fingerprint density at radius 1 is 1.50 bits per heavy atom. The number of halogens is 1. The highest BCUT2D eigenvalue weighted by Gasteiger charge is 2.05. The summed E-state index contributed by atoms with van der Waals surface area (Å²) in [6.45, 7) is 2.17. The summed E-state index contributed by atoms with van der Waals surface area (Å²) >= 11 is 10.3. The van der Waals surface area contributed by atoms with Crippen LogP contribution in [0.4, 0.5) is 0 Å². The van der Waals surface area contributed by atoms with Gasteiger partial charge in [0, 0.05) is 0 Å². The van der Waals surface area contributed by atoms with Crippen LogP contribution in [0, 0.1) is 5.92 Å². The molecule has 1 rings (SSSR count). The third-order valence-electron chi connectivity index (χ3n) is 2.11. The van der Waals surface area contributed by atoms with Crippen molar-refractivity contribution in [3.05, 3.63) is 28.8 Å². The van der Waals surface area contributed by atoms with Gasteiger partial charge in [0.25, 0.3) is 0 Å². The van der Waals surface area contributed by atoms with E-state index in [1.807, 2.05) is 18.2 Å². The fourth-order valence-electron chi connectivity index (χ4n) is 1.30. The zero-order valence-electron chi connectivity index (χ0n) is 8.46. The van der Waals surface area contributed by atoms with E-state index in [1.54, 1.807) is 7.11 Å². The Kier molecular flexibility index (Phi) is 4.63. The maximum absolute atomic E-state index is 6.01. The Morgan fingerprint density at radius 3 is 2.71 bits per heavy atom. The molecule has 0 fully saturated rings. The van der Waals surface area contributed by atoms with Crippen LogP contribution in [0.3, 0.4) is 0 Å². The molecule has 1 atom stereocenters. The zero-order valence-corrected chi connectivity index (χ0v) is 10.1. The average Bonchev–Trinajstić information content (AvgIpc) is 2.18. The Morgan fingerprint density at radius 2 is 2.21 bits per heavy atom. The summed E-state index contributed by atoms with van der Waals surface area (Å²) in [6.07, 6.45) is 1.01. The molecule has 0 N–H and O–H groups in total. The molecule has 0 aliphatic heterocycles. The number of ether oxygens (including phenoxy) is 1. The molecule has 1 aromatic rings. The lowest BCUT2D eigenvalue weighted by Crippen LogP contribution is -2.01. The van der Waals surface area contributed by atoms with Gasteiger partial charge in [-0.05, 0) is 35.8 Å². The highest BCUT2D eigenvalue weighted by molar-refractivity contribution is 7.80. The van der Waals surface area contributed by atoms with E-state index in [1.165, 1.54) is 5.56 Å². The van der Waals surface area contributed by atoms with Gasteiger partial charge in [0.15, 0.2) is 0 Å². The van der Waals surface area contributed by atoms with Crippen LogP contribution in [-0.2, 0) is 6.42 Å². The van der Waals surface area contributed by atoms with Crippen molar-refractivity contribution in [1.29, 1.82) is 0 Å². The molecule has 1 aromatic carbocycles. The summed E-state index contributed by atoms with van der Waals surface area (Å²) in [5, 5.41) is 0.677. The van der Waals surface area contributed by atoms with Crippen LogP contribution in [0.5, 0.6) is 5.75 Å². The maximum atomic E-state index is 6.01. The van der Waals surface area contributed by atoms with Gasteiger partial charge in [-0.2, -0.15) is 12.6 Å². The van der Waals surface area contributed by atoms with Crippen molar-refractivity contribution >= 4 is 24.2 Å². The van der Waals surface area contributed by atoms with Gasteiger partial charge in [-0.1, -0.05) is 24.6 Å². The van der Waals surface area contributed by atoms with E-state index in [9.17, 15) is 0 Å². The quantitative estimate of drug-likeness (QED) is 0.780. The average molecular weight is 231 g/mol. The SMILES string of the molecule is COc1ccc(CC(C)CS)cc1Cl. The summed E-state index contributed by atoms with van der Waals surface area (Å²) in [5.41, 5.74) is 1.23. The fraction of sp³-hybridized carbons (Fsp3) is 0.455. The van der Waals surface area contributed by atoms with Gasteiger partial charge in [-0.25, -0.2) is 0 Å². The molecule has 0 radical (unpaired) electrons. The molecule has 3 heteroatoms. The smallest absolute Gasteiger partial charge is 0.137 e. The Labute approximate surface area is 95.8 Å². The van der Waals surface area contributed by atoms with Gasteiger partial charge in [-0.3, -0.25) is 0 Å². The monoisotopic (exact) mass is 230 g/mol. The lowest BCUT2D eigenvalue weighted by molar-refractivity contribution is 0.415. The third-order valence-corrected chi connectivity index (χ3v) is 3.03. The van der Waals surface area contributed by atoms with Crippen LogP contribution < -0.4 is 4.74 Å². The van der Waals surface area contributed by atoms with E-state index in [0.717, 1.165) is 17.9 Å². The molecule has 1 nitrogen and oxygen atoms in total. The Balaban J connectivity index is 2.76. The van der Waals surface area contributed by atoms with E-state index in [2.05, 4.69) is 19.6 Å². The maximum Gasteiger partial charge on any atom is 0.137 e. The first kappa shape index (κ1) is 11.7. The van der Waals surface area contributed by atoms with E-state index >= 15 is 0 Å². The lowest BCUT2D eigenvalue weighted by atomic mass is 10.0. The van der Waals surface area contributed by atoms with Crippen molar-refractivity contribution in [2.45, 2.75) is 13.3 Å². The molecular weight excluding hydrogens is 216 g/mol. The largest absolute Gasteiger partial charge is 0.495 e. The van der Waals surface area contributed by atoms with Gasteiger partial charge in [-0.15, -0.1) is 0 Å². The predicted molar refractivity (Wildman–Crippen MR) is 64.7 cm³/mol. The standard InChI is InChI=1S/C11H15ClOS/c1-8(7-14)5-9-3-4-11(13-2)10(12)6-9/h3-4,6,8,14H,5,7H2,1-2H3. The molecule has 0 spiro atoms. The second kappa shape index (κ2) is 5.52. The molecule has 0 amide bonds. The van der Waals surface area contributed by atoms with E-state index < -0.39 is 0 Å². The first-order valence-corrected chi connectivity index (χ1v) is 5.61. The summed E-state index contributed by atoms with van der Waals surface area (Å²) in [7, 11) is 1.62. The van der Waals surface area contributed by atoms with E-state index in [4.69, 9.17) is 16.3 Å². The molecule has 0 bridgehead atoms. The van der Waals surface area contributed by atoms with Crippen molar-refractivity contribution < 1.29 is 4.74 Å². The number of thiol groups is 1. The number of benzene rings is 1. The summed E-state index contributed by atoms with van der Waals surface area (Å²) in [5.74, 6) is 2.20. The summed E-state index contributed by atoms with van der Waals surface area (Å²) in [6, 6.07) is 5.91. The molecule has 78 valence electrons. The van der Waals surface area contributed by atoms with Crippen LogP contribution in [0.1, 0.15) is 12.5 Å². The highest BCUT2D eigenvalue weighted by Crippen LogP contribution is 2.26. The summed E-state index contributed by atoms with van der Waals surface area (Å²) in [4.78, 5) is 0. The molecule has 0 saturated heterocycles. The van der Waals surface area contributed by atoms with E-state index in [-0.39, 0.29) is 0 Å². The van der Waals surface area contributed by atoms with Crippen molar-refractivity contribution in [3.63, 3.8) is 0 Å². The molecule has 0 aliphatic rings. The van der Waals surface area contributed by atoms with Crippen LogP contribution in [-0.4, -0.2) is 12.9 Å². The zero-order chi connectivity index (χ0) is 10.6. The van der Waals surface area contributed by atoms with Crippen molar-refractivity contribution in [1.82, 2.24) is 0 Å². The number of methoxy groups -OCH3 is 1. The molecule has 0 saturated carbocycles. The predicted octanol–water partition coefficient (Wildman–Crippen LogP) is 3.46. The first-order valence-electron chi connectivity index (χ1n) is 4.60. The van der Waals surface area contributed by atoms with Crippen LogP contribution in [0.2, 0.25) is 5.02 Å². The fourth-order valence-corrected chi connectivity index (χ4v) is 1.71. The second-order valence-corrected chi connectivity index (χ2v) is 4.23. The van der Waals surface area contributed by atoms with Crippen LogP contribution in [0.15, 0.2) is 18.2 Å². The first-order chi connectivity index (χ1) is 6.67. The molecule has 0 aromatic heterocycles. The van der Waals surface area contributed by atoms with E-state index in [0.29, 0.717) is 10.9 Å². The van der Waals surface area contributed by atoms with Gasteiger partial charge in [0.05, 0.1) is 12.1 Å². The minimum absolute atomic E-state index is 0.572. The van der Waals surface area contributed by atoms with Crippen LogP contribution in [0.25, 0.3) is 0 Å². The van der Waals surface area contributed by atoms with Crippen molar-refractivity contribution in [3.8, 4) is 5.75 Å². The second-order valence-electron chi connectivity index (χ2n) is 3.46. The number of hydrogen-bond acceptors (Lipinski definition) is 2. The van der Waals surface area contributed by atoms with Gasteiger partial charge >= 0.3 is 0 Å². The third kappa shape index (κ3) is 3.10. The summed E-state index contributed by atoms with van der Waals surface area (Å²) < 4.78 is 5.08. The Hall–Kier alpha value is -0.340. The minimum atomic E-state index is 0.572. The molecule has 0 aliphatic carbocycles. The van der Waals surface area contributed by atoms with Crippen molar-refractivity contribution in [2.75, 3.05) is 12.9 Å². The number of hydrogen-bond donors (Lipinski definition) is 1. The van der Waals surface area contributed by atoms with Crippen LogP contribution >= 0.6 is 24.2 Å². The number of rotatable bonds is 4. The minimum Gasteiger partial charge on any atom is -0.495 e. The normalized spacial score (nSPS) is 12.6. The topological polar surface area (TPSA) is 9.23 Å². The van der Waals surface area contributed by atoms with Crippen molar-refractivity contribution in [2.24, 2.45) is 5.92 Å². The molecule has 0 heterocycles.